The lowest BCUT2D eigenvalue weighted by Gasteiger charge is -2.23. The maximum Gasteiger partial charge on any atom is 0.307 e. The van der Waals surface area contributed by atoms with E-state index in [0.717, 1.165) is 25.2 Å². The lowest BCUT2D eigenvalue weighted by atomic mass is 9.84. The second-order valence-electron chi connectivity index (χ2n) is 9.87. The zero-order valence-corrected chi connectivity index (χ0v) is 20.0. The second-order valence-corrected chi connectivity index (χ2v) is 9.87. The lowest BCUT2D eigenvalue weighted by molar-refractivity contribution is -0.155. The second kappa shape index (κ2) is 11.9. The number of carbonyl (C=O) groups excluding carboxylic acids is 2. The average Bonchev–Trinajstić information content (AvgIpc) is 3.26. The third-order valence-electron chi connectivity index (χ3n) is 5.86. The number of hydrogen-bond donors (Lipinski definition) is 1. The topological polar surface area (TPSA) is 107 Å². The van der Waals surface area contributed by atoms with E-state index in [1.807, 2.05) is 20.8 Å². The van der Waals surface area contributed by atoms with E-state index in [2.05, 4.69) is 20.4 Å². The first-order valence-electron chi connectivity index (χ1n) is 12.0. The van der Waals surface area contributed by atoms with Crippen LogP contribution in [-0.2, 0) is 16.1 Å². The number of hydrogen-bond acceptors (Lipinski definition) is 7. The molecule has 0 unspecified atom stereocenters. The molecule has 1 N–H and O–H groups in total. The van der Waals surface area contributed by atoms with Crippen LogP contribution in [0.15, 0.2) is 28.9 Å². The number of esters is 1. The van der Waals surface area contributed by atoms with Crippen LogP contribution in [0.5, 0.6) is 0 Å². The number of nitrogens with one attached hydrogen (secondary N) is 1. The molecule has 0 aromatic carbocycles. The van der Waals surface area contributed by atoms with Crippen molar-refractivity contribution in [3.63, 3.8) is 0 Å². The molecule has 2 aromatic heterocycles. The van der Waals surface area contributed by atoms with Crippen molar-refractivity contribution in [3.05, 3.63) is 41.8 Å². The summed E-state index contributed by atoms with van der Waals surface area (Å²) >= 11 is 0. The average molecular weight is 457 g/mol. The van der Waals surface area contributed by atoms with Crippen LogP contribution in [0.25, 0.3) is 0 Å². The van der Waals surface area contributed by atoms with Crippen LogP contribution in [-0.4, -0.2) is 32.6 Å². The first kappa shape index (κ1) is 24.9. The summed E-state index contributed by atoms with van der Waals surface area (Å²) in [5, 5.41) is 6.76. The van der Waals surface area contributed by atoms with E-state index in [0.29, 0.717) is 17.4 Å². The van der Waals surface area contributed by atoms with E-state index in [1.54, 1.807) is 24.4 Å². The molecule has 1 aliphatic carbocycles. The Kier molecular flexibility index (Phi) is 8.97. The molecule has 1 amide bonds. The molecule has 0 saturated heterocycles. The van der Waals surface area contributed by atoms with E-state index in [1.165, 1.54) is 32.1 Å². The zero-order chi connectivity index (χ0) is 23.7. The molecule has 1 aliphatic rings. The fourth-order valence-electron chi connectivity index (χ4n) is 4.28. The van der Waals surface area contributed by atoms with Gasteiger partial charge in [0.1, 0.15) is 11.3 Å². The number of nitrogens with zero attached hydrogens (tertiary/aromatic N) is 3. The van der Waals surface area contributed by atoms with E-state index >= 15 is 0 Å². The molecule has 33 heavy (non-hydrogen) atoms. The quantitative estimate of drug-likeness (QED) is 0.503. The number of ether oxygens (including phenoxy) is 1. The molecule has 2 aromatic rings. The largest absolute Gasteiger partial charge is 0.460 e. The van der Waals surface area contributed by atoms with Crippen LogP contribution in [0.4, 0.5) is 0 Å². The van der Waals surface area contributed by atoms with Gasteiger partial charge in [-0.15, -0.1) is 0 Å². The van der Waals surface area contributed by atoms with Crippen LogP contribution in [0.1, 0.15) is 107 Å². The van der Waals surface area contributed by atoms with E-state index in [4.69, 9.17) is 9.26 Å². The van der Waals surface area contributed by atoms with Crippen LogP contribution >= 0.6 is 0 Å². The SMILES string of the molecule is CC(C)(C)OC(=O)C[C@@H](CCCC1CCCCC1)c1nc(CNC(=O)c2ccccn2)no1. The van der Waals surface area contributed by atoms with Gasteiger partial charge in [0.2, 0.25) is 5.89 Å². The summed E-state index contributed by atoms with van der Waals surface area (Å²) < 4.78 is 11.0. The fraction of sp³-hybridized carbons (Fsp3) is 0.640. The van der Waals surface area contributed by atoms with Gasteiger partial charge >= 0.3 is 5.97 Å². The van der Waals surface area contributed by atoms with Crippen LogP contribution in [0, 0.1) is 5.92 Å². The van der Waals surface area contributed by atoms with Gasteiger partial charge in [-0.05, 0) is 45.2 Å². The Morgan fingerprint density at radius 3 is 2.70 bits per heavy atom. The van der Waals surface area contributed by atoms with E-state index < -0.39 is 5.60 Å². The highest BCUT2D eigenvalue weighted by Crippen LogP contribution is 2.31. The summed E-state index contributed by atoms with van der Waals surface area (Å²) in [6.07, 6.45) is 11.3. The minimum atomic E-state index is -0.542. The Labute approximate surface area is 195 Å². The third kappa shape index (κ3) is 8.59. The Morgan fingerprint density at radius 2 is 2.00 bits per heavy atom. The van der Waals surface area contributed by atoms with Crippen molar-refractivity contribution < 1.29 is 18.8 Å². The minimum Gasteiger partial charge on any atom is -0.460 e. The summed E-state index contributed by atoms with van der Waals surface area (Å²) in [6.45, 7) is 5.70. The molecule has 2 heterocycles. The summed E-state index contributed by atoms with van der Waals surface area (Å²) in [4.78, 5) is 33.2. The molecular formula is C25H36N4O4. The van der Waals surface area contributed by atoms with Crippen LogP contribution < -0.4 is 5.32 Å². The molecule has 0 aliphatic heterocycles. The molecule has 8 nitrogen and oxygen atoms in total. The van der Waals surface area contributed by atoms with Gasteiger partial charge in [0.15, 0.2) is 5.82 Å². The highest BCUT2D eigenvalue weighted by Gasteiger charge is 2.26. The fourth-order valence-corrected chi connectivity index (χ4v) is 4.28. The normalized spacial score (nSPS) is 15.7. The maximum atomic E-state index is 12.5. The molecule has 180 valence electrons. The van der Waals surface area contributed by atoms with Gasteiger partial charge < -0.3 is 14.6 Å². The van der Waals surface area contributed by atoms with Crippen molar-refractivity contribution in [2.75, 3.05) is 0 Å². The van der Waals surface area contributed by atoms with Crippen LogP contribution in [0.3, 0.4) is 0 Å². The van der Waals surface area contributed by atoms with Gasteiger partial charge in [-0.2, -0.15) is 4.98 Å². The van der Waals surface area contributed by atoms with Crippen molar-refractivity contribution >= 4 is 11.9 Å². The van der Waals surface area contributed by atoms with Gasteiger partial charge in [0.05, 0.1) is 13.0 Å². The molecule has 0 bridgehead atoms. The molecule has 8 heteroatoms. The predicted octanol–water partition coefficient (Wildman–Crippen LogP) is 4.96. The van der Waals surface area contributed by atoms with E-state index in [-0.39, 0.29) is 30.8 Å². The summed E-state index contributed by atoms with van der Waals surface area (Å²) in [5.74, 6) is 0.799. The number of carbonyl (C=O) groups is 2. The van der Waals surface area contributed by atoms with Gasteiger partial charge in [0, 0.05) is 12.1 Å². The molecule has 1 fully saturated rings. The van der Waals surface area contributed by atoms with Crippen molar-refractivity contribution in [1.29, 1.82) is 0 Å². The predicted molar refractivity (Wildman–Crippen MR) is 123 cm³/mol. The number of amides is 1. The van der Waals surface area contributed by atoms with Crippen molar-refractivity contribution in [1.82, 2.24) is 20.4 Å². The Balaban J connectivity index is 1.59. The number of aromatic nitrogens is 3. The van der Waals surface area contributed by atoms with Crippen molar-refractivity contribution in [2.45, 2.75) is 96.6 Å². The Bertz CT molecular complexity index is 885. The van der Waals surface area contributed by atoms with Gasteiger partial charge in [-0.25, -0.2) is 0 Å². The standard InChI is InChI=1S/C25H36N4O4/c1-25(2,3)32-22(30)16-19(13-9-12-18-10-5-4-6-11-18)24-28-21(29-33-24)17-27-23(31)20-14-7-8-15-26-20/h7-8,14-15,18-19H,4-6,9-13,16-17H2,1-3H3,(H,27,31)/t19-/m1/s1. The van der Waals surface area contributed by atoms with Crippen LogP contribution in [0.2, 0.25) is 0 Å². The Morgan fingerprint density at radius 1 is 1.21 bits per heavy atom. The summed E-state index contributed by atoms with van der Waals surface area (Å²) in [5.41, 5.74) is -0.216. The summed E-state index contributed by atoms with van der Waals surface area (Å²) in [6, 6.07) is 5.14. The van der Waals surface area contributed by atoms with Gasteiger partial charge in [0.25, 0.3) is 5.91 Å². The minimum absolute atomic E-state index is 0.125. The van der Waals surface area contributed by atoms with E-state index in [9.17, 15) is 9.59 Å². The highest BCUT2D eigenvalue weighted by molar-refractivity contribution is 5.92. The maximum absolute atomic E-state index is 12.5. The lowest BCUT2D eigenvalue weighted by Crippen LogP contribution is -2.25. The molecule has 0 radical (unpaired) electrons. The third-order valence-corrected chi connectivity index (χ3v) is 5.86. The first-order chi connectivity index (χ1) is 15.8. The van der Waals surface area contributed by atoms with Gasteiger partial charge in [-0.1, -0.05) is 56.2 Å². The first-order valence-corrected chi connectivity index (χ1v) is 12.0. The molecule has 1 saturated carbocycles. The molecule has 0 spiro atoms. The summed E-state index contributed by atoms with van der Waals surface area (Å²) in [7, 11) is 0. The number of pyridine rings is 1. The molecular weight excluding hydrogens is 420 g/mol. The monoisotopic (exact) mass is 456 g/mol. The highest BCUT2D eigenvalue weighted by atomic mass is 16.6. The van der Waals surface area contributed by atoms with Crippen molar-refractivity contribution in [3.8, 4) is 0 Å². The molecule has 3 rings (SSSR count). The van der Waals surface area contributed by atoms with Crippen molar-refractivity contribution in [2.24, 2.45) is 5.92 Å². The zero-order valence-electron chi connectivity index (χ0n) is 20.0. The smallest absolute Gasteiger partial charge is 0.307 e. The molecule has 1 atom stereocenters. The number of rotatable bonds is 10. The Hall–Kier alpha value is -2.77. The van der Waals surface area contributed by atoms with Gasteiger partial charge in [-0.3, -0.25) is 14.6 Å².